The van der Waals surface area contributed by atoms with Crippen molar-refractivity contribution >= 4 is 21.9 Å². The van der Waals surface area contributed by atoms with Crippen LogP contribution in [0, 0.1) is 0 Å². The third-order valence-corrected chi connectivity index (χ3v) is 8.96. The van der Waals surface area contributed by atoms with E-state index in [0.717, 1.165) is 18.2 Å². The lowest BCUT2D eigenvalue weighted by molar-refractivity contribution is -0.277. The summed E-state index contributed by atoms with van der Waals surface area (Å²) < 4.78 is 34.9. The smallest absolute Gasteiger partial charge is 0.229 e. The molecular formula is C38H32O15. The van der Waals surface area contributed by atoms with Crippen molar-refractivity contribution < 1.29 is 63.5 Å². The summed E-state index contributed by atoms with van der Waals surface area (Å²) in [6.07, 6.45) is -8.44. The topological polar surface area (TPSA) is 239 Å². The Morgan fingerprint density at radius 2 is 1.34 bits per heavy atom. The second kappa shape index (κ2) is 13.8. The van der Waals surface area contributed by atoms with E-state index < -0.39 is 59.7 Å². The molecule has 4 aromatic carbocycles. The van der Waals surface area contributed by atoms with Crippen LogP contribution in [0.2, 0.25) is 0 Å². The first-order valence-corrected chi connectivity index (χ1v) is 16.1. The Hall–Kier alpha value is -6.10. The van der Waals surface area contributed by atoms with Crippen molar-refractivity contribution in [2.45, 2.75) is 30.7 Å². The van der Waals surface area contributed by atoms with Gasteiger partial charge < -0.3 is 63.5 Å². The molecule has 2 aromatic heterocycles. The van der Waals surface area contributed by atoms with E-state index in [1.165, 1.54) is 38.5 Å². The van der Waals surface area contributed by atoms with E-state index in [4.69, 9.17) is 27.8 Å². The van der Waals surface area contributed by atoms with Crippen molar-refractivity contribution in [1.82, 2.24) is 0 Å². The van der Waals surface area contributed by atoms with Gasteiger partial charge >= 0.3 is 0 Å². The molecule has 0 amide bonds. The van der Waals surface area contributed by atoms with Gasteiger partial charge in [0.2, 0.25) is 6.29 Å². The minimum atomic E-state index is -1.86. The van der Waals surface area contributed by atoms with E-state index in [0.29, 0.717) is 11.3 Å². The van der Waals surface area contributed by atoms with Gasteiger partial charge in [0.15, 0.2) is 16.4 Å². The summed E-state index contributed by atoms with van der Waals surface area (Å²) in [5.74, 6) is -0.911. The van der Waals surface area contributed by atoms with Crippen LogP contribution in [0.5, 0.6) is 34.5 Å². The van der Waals surface area contributed by atoms with Crippen molar-refractivity contribution in [2.75, 3.05) is 20.8 Å². The second-order valence-electron chi connectivity index (χ2n) is 12.2. The summed E-state index contributed by atoms with van der Waals surface area (Å²) in [6, 6.07) is 16.7. The molecule has 1 aliphatic heterocycles. The van der Waals surface area contributed by atoms with Gasteiger partial charge in [0.1, 0.15) is 86.8 Å². The summed E-state index contributed by atoms with van der Waals surface area (Å²) in [5, 5.41) is 72.7. The molecule has 0 aliphatic carbocycles. The maximum Gasteiger partial charge on any atom is 0.229 e. The first-order valence-electron chi connectivity index (χ1n) is 16.1. The number of methoxy groups -OCH3 is 2. The average Bonchev–Trinajstić information content (AvgIpc) is 3.14. The highest BCUT2D eigenvalue weighted by atomic mass is 16.7. The lowest BCUT2D eigenvalue weighted by atomic mass is 9.96. The molecule has 1 saturated heterocycles. The predicted octanol–water partition coefficient (Wildman–Crippen LogP) is 3.21. The number of phenolic OH excluding ortho intramolecular Hbond substituents is 3. The highest BCUT2D eigenvalue weighted by Crippen LogP contribution is 2.47. The van der Waals surface area contributed by atoms with Crippen LogP contribution in [0.1, 0.15) is 0 Å². The molecule has 0 radical (unpaired) electrons. The Morgan fingerprint density at radius 1 is 0.679 bits per heavy atom. The Balaban J connectivity index is 1.50. The lowest BCUT2D eigenvalue weighted by Gasteiger charge is -2.39. The molecule has 15 heteroatoms. The third kappa shape index (κ3) is 6.26. The summed E-state index contributed by atoms with van der Waals surface area (Å²) in [4.78, 5) is 26.8. The van der Waals surface area contributed by atoms with Crippen LogP contribution in [0.15, 0.2) is 91.2 Å². The number of phenols is 3. The molecule has 5 atom stereocenters. The minimum Gasteiger partial charge on any atom is -0.508 e. The van der Waals surface area contributed by atoms with Crippen molar-refractivity contribution in [1.29, 1.82) is 0 Å². The third-order valence-electron chi connectivity index (χ3n) is 8.96. The Morgan fingerprint density at radius 3 is 2.02 bits per heavy atom. The van der Waals surface area contributed by atoms with Gasteiger partial charge in [-0.1, -0.05) is 0 Å². The highest BCUT2D eigenvalue weighted by Gasteiger charge is 2.45. The van der Waals surface area contributed by atoms with E-state index in [2.05, 4.69) is 0 Å². The fraction of sp³-hybridized carbons (Fsp3) is 0.211. The van der Waals surface area contributed by atoms with Gasteiger partial charge in [0.25, 0.3) is 0 Å². The molecule has 0 saturated carbocycles. The molecule has 0 spiro atoms. The maximum atomic E-state index is 13.7. The zero-order chi connectivity index (χ0) is 37.7. The fourth-order valence-electron chi connectivity index (χ4n) is 6.28. The van der Waals surface area contributed by atoms with Gasteiger partial charge in [-0.05, 0) is 42.5 Å². The molecule has 7 N–H and O–H groups in total. The van der Waals surface area contributed by atoms with Crippen molar-refractivity contribution in [3.63, 3.8) is 0 Å². The number of aromatic hydroxyl groups is 3. The first-order chi connectivity index (χ1) is 25.4. The van der Waals surface area contributed by atoms with Crippen molar-refractivity contribution in [2.24, 2.45) is 0 Å². The average molecular weight is 729 g/mol. The highest BCUT2D eigenvalue weighted by molar-refractivity contribution is 6.01. The Bertz CT molecular complexity index is 2470. The number of hydrogen-bond donors (Lipinski definition) is 7. The number of rotatable bonds is 8. The van der Waals surface area contributed by atoms with Crippen LogP contribution in [0.3, 0.4) is 0 Å². The van der Waals surface area contributed by atoms with E-state index in [9.17, 15) is 45.3 Å². The molecule has 1 fully saturated rings. The molecule has 53 heavy (non-hydrogen) atoms. The molecule has 3 heterocycles. The summed E-state index contributed by atoms with van der Waals surface area (Å²) >= 11 is 0. The number of aliphatic hydroxyl groups excluding tert-OH is 4. The van der Waals surface area contributed by atoms with Gasteiger partial charge in [-0.3, -0.25) is 9.59 Å². The fourth-order valence-corrected chi connectivity index (χ4v) is 6.28. The number of hydrogen-bond acceptors (Lipinski definition) is 15. The summed E-state index contributed by atoms with van der Waals surface area (Å²) in [6.45, 7) is -0.747. The molecule has 6 aromatic rings. The lowest BCUT2D eigenvalue weighted by Crippen LogP contribution is -2.60. The quantitative estimate of drug-likeness (QED) is 0.119. The number of benzene rings is 4. The van der Waals surface area contributed by atoms with E-state index in [1.54, 1.807) is 30.3 Å². The SMILES string of the molecule is COc1ccc(-c2cc(=O)c3c(O)cc(O[C@@H]4O[C@H](CO)[C@@H](O)[C@H](O)[C@H]4O)c(-c4cc(-c5cc(=O)c6c(O)cc(O)cc6o5)ccc4OC)c3o2)cc1. The van der Waals surface area contributed by atoms with Gasteiger partial charge in [-0.2, -0.15) is 0 Å². The van der Waals surface area contributed by atoms with Crippen LogP contribution >= 0.6 is 0 Å². The van der Waals surface area contributed by atoms with Crippen LogP contribution in [0.25, 0.3) is 55.7 Å². The molecule has 0 bridgehead atoms. The van der Waals surface area contributed by atoms with Crippen LogP contribution in [0.4, 0.5) is 0 Å². The predicted molar refractivity (Wildman–Crippen MR) is 187 cm³/mol. The monoisotopic (exact) mass is 728 g/mol. The molecule has 274 valence electrons. The minimum absolute atomic E-state index is 0.00346. The summed E-state index contributed by atoms with van der Waals surface area (Å²) in [5.41, 5.74) is -0.756. The van der Waals surface area contributed by atoms with Gasteiger partial charge in [-0.25, -0.2) is 0 Å². The second-order valence-corrected chi connectivity index (χ2v) is 12.2. The van der Waals surface area contributed by atoms with Gasteiger partial charge in [0, 0.05) is 47.0 Å². The summed E-state index contributed by atoms with van der Waals surface area (Å²) in [7, 11) is 2.86. The van der Waals surface area contributed by atoms with Crippen molar-refractivity contribution in [3.05, 3.63) is 93.2 Å². The largest absolute Gasteiger partial charge is 0.508 e. The zero-order valence-corrected chi connectivity index (χ0v) is 27.9. The number of ether oxygens (including phenoxy) is 4. The van der Waals surface area contributed by atoms with Crippen LogP contribution < -0.4 is 25.1 Å². The molecule has 7 rings (SSSR count). The maximum absolute atomic E-state index is 13.7. The molecular weight excluding hydrogens is 696 g/mol. The van der Waals surface area contributed by atoms with E-state index >= 15 is 0 Å². The number of aliphatic hydroxyl groups is 4. The van der Waals surface area contributed by atoms with E-state index in [1.807, 2.05) is 0 Å². The Kier molecular flexibility index (Phi) is 9.19. The normalized spacial score (nSPS) is 20.1. The van der Waals surface area contributed by atoms with E-state index in [-0.39, 0.29) is 67.4 Å². The first kappa shape index (κ1) is 35.3. The van der Waals surface area contributed by atoms with Gasteiger partial charge in [0.05, 0.1) is 26.4 Å². The van der Waals surface area contributed by atoms with Crippen molar-refractivity contribution in [3.8, 4) is 68.3 Å². The van der Waals surface area contributed by atoms with Gasteiger partial charge in [-0.15, -0.1) is 0 Å². The number of fused-ring (bicyclic) bond motifs is 2. The molecule has 0 unspecified atom stereocenters. The molecule has 1 aliphatic rings. The zero-order valence-electron chi connectivity index (χ0n) is 27.9. The Labute approximate surface area is 298 Å². The van der Waals surface area contributed by atoms with Crippen LogP contribution in [-0.2, 0) is 4.74 Å². The van der Waals surface area contributed by atoms with Crippen LogP contribution in [-0.4, -0.2) is 87.3 Å². The molecule has 15 nitrogen and oxygen atoms in total. The standard InChI is InChI=1S/C38H32O15/c1-48-19-6-3-16(4-7-19)26-13-23(43)33-24(44)14-29(52-38-36(47)35(46)34(45)30(15-39)53-38)31(37(33)51-26)20-9-17(5-8-25(20)49-2)27-12-22(42)32-21(41)10-18(40)11-28(32)50-27/h3-14,30,34-36,38-41,44-47H,15H2,1-2H3/t30-,34-,35+,36-,38-/m1/s1.